The van der Waals surface area contributed by atoms with E-state index in [0.29, 0.717) is 29.6 Å². The lowest BCUT2D eigenvalue weighted by Gasteiger charge is -2.12. The minimum atomic E-state index is -0.398. The second-order valence-corrected chi connectivity index (χ2v) is 6.65. The largest absolute Gasteiger partial charge is 0.497 e. The monoisotopic (exact) mass is 401 g/mol. The van der Waals surface area contributed by atoms with Crippen molar-refractivity contribution in [2.45, 2.75) is 0 Å². The van der Waals surface area contributed by atoms with Crippen molar-refractivity contribution in [3.63, 3.8) is 0 Å². The Kier molecular flexibility index (Phi) is 6.44. The number of carbonyl (C=O) groups excluding carboxylic acids is 2. The Morgan fingerprint density at radius 3 is 2.25 bits per heavy atom. The Morgan fingerprint density at radius 1 is 0.893 bits per heavy atom. The zero-order valence-electron chi connectivity index (χ0n) is 15.4. The molecule has 1 aliphatic rings. The van der Waals surface area contributed by atoms with Crippen LogP contribution >= 0.6 is 11.8 Å². The molecule has 0 aliphatic carbocycles. The fourth-order valence-electron chi connectivity index (χ4n) is 2.45. The molecule has 0 radical (unpaired) electrons. The van der Waals surface area contributed by atoms with Crippen molar-refractivity contribution < 1.29 is 28.5 Å². The first-order valence-electron chi connectivity index (χ1n) is 8.41. The second-order valence-electron chi connectivity index (χ2n) is 5.63. The van der Waals surface area contributed by atoms with E-state index in [1.54, 1.807) is 31.4 Å². The average molecular weight is 401 g/mol. The molecule has 2 aromatic rings. The lowest BCUT2D eigenvalue weighted by Crippen LogP contribution is -2.17. The van der Waals surface area contributed by atoms with Gasteiger partial charge < -0.3 is 18.9 Å². The van der Waals surface area contributed by atoms with Gasteiger partial charge in [-0.15, -0.1) is 0 Å². The third-order valence-corrected chi connectivity index (χ3v) is 4.61. The summed E-state index contributed by atoms with van der Waals surface area (Å²) >= 11 is 0.868. The first kappa shape index (κ1) is 19.6. The molecule has 1 fully saturated rings. The number of nitrogens with one attached hydrogen (secondary N) is 1. The molecule has 1 heterocycles. The highest BCUT2D eigenvalue weighted by Gasteiger charge is 2.25. The summed E-state index contributed by atoms with van der Waals surface area (Å²) in [6.07, 6.45) is 1.63. The van der Waals surface area contributed by atoms with E-state index in [2.05, 4.69) is 5.32 Å². The Bertz CT molecular complexity index is 894. The van der Waals surface area contributed by atoms with Crippen molar-refractivity contribution in [3.05, 3.63) is 52.9 Å². The molecule has 7 nitrogen and oxygen atoms in total. The highest BCUT2D eigenvalue weighted by Crippen LogP contribution is 2.31. The molecule has 1 aliphatic heterocycles. The van der Waals surface area contributed by atoms with Crippen molar-refractivity contribution >= 4 is 29.0 Å². The van der Waals surface area contributed by atoms with Gasteiger partial charge in [-0.3, -0.25) is 14.9 Å². The Hall–Kier alpha value is -3.13. The molecule has 1 saturated heterocycles. The maximum atomic E-state index is 11.6. The first-order valence-corrected chi connectivity index (χ1v) is 9.23. The Balaban J connectivity index is 1.57. The number of benzene rings is 2. The molecule has 146 valence electrons. The van der Waals surface area contributed by atoms with Crippen LogP contribution in [0.4, 0.5) is 4.79 Å². The molecular formula is C20H19NO6S. The summed E-state index contributed by atoms with van der Waals surface area (Å²) < 4.78 is 21.8. The van der Waals surface area contributed by atoms with E-state index in [-0.39, 0.29) is 5.24 Å². The molecular weight excluding hydrogens is 382 g/mol. The van der Waals surface area contributed by atoms with E-state index in [4.69, 9.17) is 18.9 Å². The van der Waals surface area contributed by atoms with Gasteiger partial charge >= 0.3 is 0 Å². The molecule has 0 aromatic heterocycles. The first-order chi connectivity index (χ1) is 13.6. The van der Waals surface area contributed by atoms with E-state index in [1.807, 2.05) is 24.3 Å². The van der Waals surface area contributed by atoms with Gasteiger partial charge in [-0.25, -0.2) is 0 Å². The number of imide groups is 1. The molecule has 0 spiro atoms. The van der Waals surface area contributed by atoms with E-state index in [0.717, 1.165) is 28.8 Å². The molecule has 0 bridgehead atoms. The van der Waals surface area contributed by atoms with Gasteiger partial charge in [0, 0.05) is 0 Å². The number of amides is 2. The number of hydrogen-bond acceptors (Lipinski definition) is 7. The van der Waals surface area contributed by atoms with Crippen LogP contribution in [0.1, 0.15) is 5.56 Å². The summed E-state index contributed by atoms with van der Waals surface area (Å²) in [4.78, 5) is 23.2. The van der Waals surface area contributed by atoms with Crippen molar-refractivity contribution in [2.75, 3.05) is 27.4 Å². The van der Waals surface area contributed by atoms with Gasteiger partial charge in [0.2, 0.25) is 0 Å². The molecule has 0 saturated carbocycles. The van der Waals surface area contributed by atoms with Crippen LogP contribution in [0, 0.1) is 0 Å². The minimum absolute atomic E-state index is 0.329. The summed E-state index contributed by atoms with van der Waals surface area (Å²) in [5, 5.41) is 1.85. The maximum Gasteiger partial charge on any atom is 0.290 e. The third-order valence-electron chi connectivity index (χ3n) is 3.80. The van der Waals surface area contributed by atoms with E-state index in [9.17, 15) is 9.59 Å². The number of thioether (sulfide) groups is 1. The summed E-state index contributed by atoms with van der Waals surface area (Å²) in [7, 11) is 3.15. The summed E-state index contributed by atoms with van der Waals surface area (Å²) in [6, 6.07) is 12.6. The fraction of sp³-hybridized carbons (Fsp3) is 0.200. The molecule has 1 N–H and O–H groups in total. The van der Waals surface area contributed by atoms with Crippen LogP contribution in [0.5, 0.6) is 23.0 Å². The lowest BCUT2D eigenvalue weighted by atomic mass is 10.2. The van der Waals surface area contributed by atoms with Gasteiger partial charge in [0.1, 0.15) is 24.7 Å². The van der Waals surface area contributed by atoms with Crippen molar-refractivity contribution in [2.24, 2.45) is 0 Å². The van der Waals surface area contributed by atoms with Gasteiger partial charge in [0.05, 0.1) is 19.1 Å². The highest BCUT2D eigenvalue weighted by atomic mass is 32.2. The maximum absolute atomic E-state index is 11.6. The van der Waals surface area contributed by atoms with Crippen molar-refractivity contribution in [1.82, 2.24) is 5.32 Å². The SMILES string of the molecule is COc1ccc(OCCOc2ccc(/C=C3/SC(=O)NC3=O)cc2OC)cc1. The molecule has 2 aromatic carbocycles. The van der Waals surface area contributed by atoms with Gasteiger partial charge in [0.15, 0.2) is 11.5 Å². The number of hydrogen-bond donors (Lipinski definition) is 1. The van der Waals surface area contributed by atoms with Crippen LogP contribution in [0.25, 0.3) is 6.08 Å². The molecule has 2 amide bonds. The predicted molar refractivity (Wildman–Crippen MR) is 106 cm³/mol. The van der Waals surface area contributed by atoms with Crippen molar-refractivity contribution in [1.29, 1.82) is 0 Å². The standard InChI is InChI=1S/C20H19NO6S/c1-24-14-4-6-15(7-5-14)26-9-10-27-16-8-3-13(11-17(16)25-2)12-18-19(22)21-20(23)28-18/h3-8,11-12H,9-10H2,1-2H3,(H,21,22,23)/b18-12+. The summed E-state index contributed by atoms with van der Waals surface area (Å²) in [5.74, 6) is 2.17. The molecule has 0 atom stereocenters. The van der Waals surface area contributed by atoms with Crippen LogP contribution in [0.2, 0.25) is 0 Å². The van der Waals surface area contributed by atoms with Gasteiger partial charge in [-0.05, 0) is 59.8 Å². The number of carbonyl (C=O) groups is 2. The van der Waals surface area contributed by atoms with Gasteiger partial charge in [-0.2, -0.15) is 0 Å². The zero-order valence-corrected chi connectivity index (χ0v) is 16.2. The van der Waals surface area contributed by atoms with Crippen LogP contribution in [0.3, 0.4) is 0 Å². The average Bonchev–Trinajstić information content (AvgIpc) is 3.03. The predicted octanol–water partition coefficient (Wildman–Crippen LogP) is 3.49. The topological polar surface area (TPSA) is 83.1 Å². The minimum Gasteiger partial charge on any atom is -0.497 e. The number of methoxy groups -OCH3 is 2. The molecule has 3 rings (SSSR count). The smallest absolute Gasteiger partial charge is 0.290 e. The van der Waals surface area contributed by atoms with Crippen LogP contribution in [-0.2, 0) is 4.79 Å². The van der Waals surface area contributed by atoms with Crippen LogP contribution in [-0.4, -0.2) is 38.6 Å². The quantitative estimate of drug-likeness (QED) is 0.535. The Labute approximate surface area is 166 Å². The van der Waals surface area contributed by atoms with Gasteiger partial charge in [-0.1, -0.05) is 6.07 Å². The number of rotatable bonds is 8. The van der Waals surface area contributed by atoms with E-state index in [1.165, 1.54) is 7.11 Å². The van der Waals surface area contributed by atoms with E-state index >= 15 is 0 Å². The third kappa shape index (κ3) is 4.98. The van der Waals surface area contributed by atoms with Crippen LogP contribution in [0.15, 0.2) is 47.4 Å². The van der Waals surface area contributed by atoms with Crippen LogP contribution < -0.4 is 24.3 Å². The zero-order chi connectivity index (χ0) is 19.9. The summed E-state index contributed by atoms with van der Waals surface area (Å²) in [5.41, 5.74) is 0.728. The fourth-order valence-corrected chi connectivity index (χ4v) is 3.13. The van der Waals surface area contributed by atoms with E-state index < -0.39 is 5.91 Å². The lowest BCUT2D eigenvalue weighted by molar-refractivity contribution is -0.115. The molecule has 8 heteroatoms. The number of ether oxygens (including phenoxy) is 4. The normalized spacial score (nSPS) is 14.7. The van der Waals surface area contributed by atoms with Crippen molar-refractivity contribution in [3.8, 4) is 23.0 Å². The second kappa shape index (κ2) is 9.18. The molecule has 28 heavy (non-hydrogen) atoms. The summed E-state index contributed by atoms with van der Waals surface area (Å²) in [6.45, 7) is 0.690. The molecule has 0 unspecified atom stereocenters. The highest BCUT2D eigenvalue weighted by molar-refractivity contribution is 8.18. The Morgan fingerprint density at radius 2 is 1.61 bits per heavy atom. The van der Waals surface area contributed by atoms with Gasteiger partial charge in [0.25, 0.3) is 11.1 Å².